The normalized spacial score (nSPS) is 12.0. The zero-order chi connectivity index (χ0) is 21.5. The Morgan fingerprint density at radius 2 is 1.83 bits per heavy atom. The van der Waals surface area contributed by atoms with Crippen LogP contribution in [0.15, 0.2) is 65.1 Å². The third kappa shape index (κ3) is 5.94. The molecule has 1 atom stereocenters. The van der Waals surface area contributed by atoms with Crippen LogP contribution in [0.25, 0.3) is 0 Å². The number of rotatable bonds is 9. The maximum atomic E-state index is 13.0. The van der Waals surface area contributed by atoms with Crippen LogP contribution in [0.1, 0.15) is 41.3 Å². The molecule has 0 spiro atoms. The van der Waals surface area contributed by atoms with E-state index in [9.17, 15) is 9.18 Å². The van der Waals surface area contributed by atoms with E-state index in [1.54, 1.807) is 25.3 Å². The highest BCUT2D eigenvalue weighted by Gasteiger charge is 2.19. The fourth-order valence-corrected chi connectivity index (χ4v) is 3.21. The topological polar surface area (TPSA) is 55.9 Å². The number of quaternary nitrogens is 1. The number of halogens is 1. The third-order valence-corrected chi connectivity index (χ3v) is 5.03. The summed E-state index contributed by atoms with van der Waals surface area (Å²) in [5, 5.41) is 2.80. The summed E-state index contributed by atoms with van der Waals surface area (Å²) >= 11 is 0. The van der Waals surface area contributed by atoms with Gasteiger partial charge in [-0.05, 0) is 55.8 Å². The second kappa shape index (κ2) is 10.1. The van der Waals surface area contributed by atoms with Crippen molar-refractivity contribution < 1.29 is 23.2 Å². The third-order valence-electron chi connectivity index (χ3n) is 5.03. The standard InChI is InChI=1S/C24H27FN2O3/c1-17(2)27(15-19-5-4-6-21(13-19)29-3)16-22-11-12-23(30-22)24(28)26-14-18-7-9-20(25)10-8-18/h4-13,17H,14-16H2,1-3H3,(H,26,28)/p+1. The number of furan rings is 1. The van der Waals surface area contributed by atoms with Gasteiger partial charge in [0.05, 0.1) is 13.2 Å². The molecule has 0 saturated carbocycles. The van der Waals surface area contributed by atoms with E-state index in [2.05, 4.69) is 25.2 Å². The van der Waals surface area contributed by atoms with Crippen molar-refractivity contribution in [1.29, 1.82) is 0 Å². The molecule has 0 aliphatic rings. The summed E-state index contributed by atoms with van der Waals surface area (Å²) < 4.78 is 24.1. The molecule has 3 rings (SSSR count). The van der Waals surface area contributed by atoms with Gasteiger partial charge in [-0.2, -0.15) is 0 Å². The molecule has 0 radical (unpaired) electrons. The van der Waals surface area contributed by atoms with E-state index in [0.29, 0.717) is 19.1 Å². The SMILES string of the molecule is COc1cccc(C[NH+](Cc2ccc(C(=O)NCc3ccc(F)cc3)o2)C(C)C)c1. The molecule has 1 aromatic heterocycles. The van der Waals surface area contributed by atoms with E-state index < -0.39 is 0 Å². The Labute approximate surface area is 176 Å². The summed E-state index contributed by atoms with van der Waals surface area (Å²) in [6.07, 6.45) is 0. The predicted octanol–water partition coefficient (Wildman–Crippen LogP) is 3.35. The monoisotopic (exact) mass is 411 g/mol. The van der Waals surface area contributed by atoms with Gasteiger partial charge < -0.3 is 19.4 Å². The molecule has 1 unspecified atom stereocenters. The van der Waals surface area contributed by atoms with Crippen LogP contribution >= 0.6 is 0 Å². The average molecular weight is 411 g/mol. The molecule has 0 saturated heterocycles. The molecule has 0 aliphatic heterocycles. The fraction of sp³-hybridized carbons (Fsp3) is 0.292. The molecule has 0 fully saturated rings. The summed E-state index contributed by atoms with van der Waals surface area (Å²) in [6, 6.07) is 18.0. The van der Waals surface area contributed by atoms with Gasteiger partial charge in [-0.25, -0.2) is 4.39 Å². The van der Waals surface area contributed by atoms with Crippen molar-refractivity contribution >= 4 is 5.91 Å². The Kier molecular flexibility index (Phi) is 7.25. The molecular weight excluding hydrogens is 383 g/mol. The maximum absolute atomic E-state index is 13.0. The molecule has 0 aliphatic carbocycles. The second-order valence-electron chi connectivity index (χ2n) is 7.59. The van der Waals surface area contributed by atoms with Crippen molar-refractivity contribution in [2.24, 2.45) is 0 Å². The molecule has 3 aromatic rings. The molecular formula is C24H28FN2O3+. The Morgan fingerprint density at radius 3 is 2.53 bits per heavy atom. The van der Waals surface area contributed by atoms with Gasteiger partial charge in [0, 0.05) is 12.1 Å². The number of carbonyl (C=O) groups is 1. The second-order valence-corrected chi connectivity index (χ2v) is 7.59. The Balaban J connectivity index is 1.60. The van der Waals surface area contributed by atoms with Crippen LogP contribution < -0.4 is 15.0 Å². The van der Waals surface area contributed by atoms with Gasteiger partial charge in [-0.1, -0.05) is 24.3 Å². The number of methoxy groups -OCH3 is 1. The highest BCUT2D eigenvalue weighted by molar-refractivity contribution is 5.91. The minimum absolute atomic E-state index is 0.275. The largest absolute Gasteiger partial charge is 0.497 e. The van der Waals surface area contributed by atoms with E-state index in [1.165, 1.54) is 22.6 Å². The minimum atomic E-state index is -0.299. The van der Waals surface area contributed by atoms with Gasteiger partial charge in [0.15, 0.2) is 11.5 Å². The molecule has 1 heterocycles. The number of hydrogen-bond acceptors (Lipinski definition) is 3. The first kappa shape index (κ1) is 21.6. The van der Waals surface area contributed by atoms with Gasteiger partial charge in [0.2, 0.25) is 0 Å². The van der Waals surface area contributed by atoms with Gasteiger partial charge in [-0.3, -0.25) is 4.79 Å². The lowest BCUT2D eigenvalue weighted by atomic mass is 10.1. The smallest absolute Gasteiger partial charge is 0.287 e. The van der Waals surface area contributed by atoms with Crippen LogP contribution in [0.4, 0.5) is 4.39 Å². The molecule has 2 N–H and O–H groups in total. The lowest BCUT2D eigenvalue weighted by molar-refractivity contribution is -0.949. The van der Waals surface area contributed by atoms with Crippen molar-refractivity contribution in [2.75, 3.05) is 7.11 Å². The lowest BCUT2D eigenvalue weighted by Crippen LogP contribution is -3.12. The van der Waals surface area contributed by atoms with Gasteiger partial charge >= 0.3 is 0 Å². The van der Waals surface area contributed by atoms with Crippen molar-refractivity contribution in [2.45, 2.75) is 39.5 Å². The van der Waals surface area contributed by atoms with Crippen LogP contribution in [0.5, 0.6) is 5.75 Å². The van der Waals surface area contributed by atoms with Gasteiger partial charge in [0.1, 0.15) is 24.7 Å². The number of hydrogen-bond donors (Lipinski definition) is 2. The summed E-state index contributed by atoms with van der Waals surface area (Å²) in [5.74, 6) is 1.29. The van der Waals surface area contributed by atoms with Gasteiger partial charge in [0.25, 0.3) is 5.91 Å². The molecule has 30 heavy (non-hydrogen) atoms. The fourth-order valence-electron chi connectivity index (χ4n) is 3.21. The molecule has 1 amide bonds. The van der Waals surface area contributed by atoms with E-state index in [4.69, 9.17) is 9.15 Å². The Hall–Kier alpha value is -3.12. The predicted molar refractivity (Wildman–Crippen MR) is 113 cm³/mol. The number of benzene rings is 2. The van der Waals surface area contributed by atoms with Gasteiger partial charge in [-0.15, -0.1) is 0 Å². The van der Waals surface area contributed by atoms with E-state index in [-0.39, 0.29) is 17.5 Å². The van der Waals surface area contributed by atoms with Crippen molar-refractivity contribution in [3.63, 3.8) is 0 Å². The summed E-state index contributed by atoms with van der Waals surface area (Å²) in [6.45, 7) is 6.12. The van der Waals surface area contributed by atoms with Crippen LogP contribution in [0.2, 0.25) is 0 Å². The van der Waals surface area contributed by atoms with E-state index >= 15 is 0 Å². The first-order valence-electron chi connectivity index (χ1n) is 10.0. The number of ether oxygens (including phenoxy) is 1. The Bertz CT molecular complexity index is 967. The van der Waals surface area contributed by atoms with E-state index in [1.807, 2.05) is 24.3 Å². The first-order valence-corrected chi connectivity index (χ1v) is 10.0. The highest BCUT2D eigenvalue weighted by Crippen LogP contribution is 2.12. The van der Waals surface area contributed by atoms with Crippen molar-refractivity contribution in [1.82, 2.24) is 5.32 Å². The Morgan fingerprint density at radius 1 is 1.07 bits per heavy atom. The maximum Gasteiger partial charge on any atom is 0.287 e. The van der Waals surface area contributed by atoms with Crippen molar-refractivity contribution in [3.05, 3.63) is 89.1 Å². The molecule has 158 valence electrons. The van der Waals surface area contributed by atoms with E-state index in [0.717, 1.165) is 23.6 Å². The number of amides is 1. The first-order chi connectivity index (χ1) is 14.4. The summed E-state index contributed by atoms with van der Waals surface area (Å²) in [5.41, 5.74) is 2.01. The number of nitrogens with one attached hydrogen (secondary N) is 2. The average Bonchev–Trinajstić information content (AvgIpc) is 3.21. The zero-order valence-corrected chi connectivity index (χ0v) is 17.6. The van der Waals surface area contributed by atoms with Crippen LogP contribution in [0, 0.1) is 5.82 Å². The van der Waals surface area contributed by atoms with Crippen LogP contribution in [0.3, 0.4) is 0 Å². The molecule has 0 bridgehead atoms. The summed E-state index contributed by atoms with van der Waals surface area (Å²) in [4.78, 5) is 13.7. The molecule has 6 heteroatoms. The number of carbonyl (C=O) groups excluding carboxylic acids is 1. The molecule has 2 aromatic carbocycles. The van der Waals surface area contributed by atoms with Crippen LogP contribution in [-0.2, 0) is 19.6 Å². The lowest BCUT2D eigenvalue weighted by Gasteiger charge is -2.22. The van der Waals surface area contributed by atoms with Crippen molar-refractivity contribution in [3.8, 4) is 5.75 Å². The molecule has 5 nitrogen and oxygen atoms in total. The zero-order valence-electron chi connectivity index (χ0n) is 17.6. The van der Waals surface area contributed by atoms with Crippen LogP contribution in [-0.4, -0.2) is 19.1 Å². The summed E-state index contributed by atoms with van der Waals surface area (Å²) in [7, 11) is 1.66. The quantitative estimate of drug-likeness (QED) is 0.568. The highest BCUT2D eigenvalue weighted by atomic mass is 19.1. The minimum Gasteiger partial charge on any atom is -0.497 e.